The van der Waals surface area contributed by atoms with E-state index in [9.17, 15) is 14.0 Å². The lowest BCUT2D eigenvalue weighted by Crippen LogP contribution is -2.54. The van der Waals surface area contributed by atoms with Crippen molar-refractivity contribution in [1.29, 1.82) is 0 Å². The van der Waals surface area contributed by atoms with Gasteiger partial charge >= 0.3 is 12.1 Å². The number of nitrogens with two attached hydrogens (primary N) is 1. The summed E-state index contributed by atoms with van der Waals surface area (Å²) in [5.41, 5.74) is 5.03. The summed E-state index contributed by atoms with van der Waals surface area (Å²) in [5.74, 6) is -0.0464. The van der Waals surface area contributed by atoms with Crippen molar-refractivity contribution in [3.05, 3.63) is 28.7 Å². The maximum atomic E-state index is 14.5. The van der Waals surface area contributed by atoms with Crippen LogP contribution in [-0.4, -0.2) is 65.0 Å². The third kappa shape index (κ3) is 7.42. The van der Waals surface area contributed by atoms with Crippen LogP contribution in [0.3, 0.4) is 0 Å². The Balaban J connectivity index is 1.85. The molecule has 0 aromatic carbocycles. The molecule has 0 bridgehead atoms. The standard InChI is InChI=1S/C26H36ClFN6O4S/c1-7-37-23(35)19-21(31-15(2)22(33-19)39-17-8-11-30-20(29)18(17)27)34-12-9-26(14-28,10-13-34)16(3)32-24(36)38-25(4,5)6/h8,11,16H,7,9-10,12-14H2,1-6H3,(H2,29,30)(H,32,36). The van der Waals surface area contributed by atoms with Gasteiger partial charge in [-0.1, -0.05) is 23.4 Å². The summed E-state index contributed by atoms with van der Waals surface area (Å²) < 4.78 is 25.1. The third-order valence-electron chi connectivity index (χ3n) is 6.54. The number of pyridine rings is 1. The first kappa shape index (κ1) is 30.7. The number of carbonyl (C=O) groups is 2. The summed E-state index contributed by atoms with van der Waals surface area (Å²) in [6, 6.07) is 1.24. The molecule has 0 spiro atoms. The molecule has 0 radical (unpaired) electrons. The van der Waals surface area contributed by atoms with Crippen molar-refractivity contribution in [2.24, 2.45) is 5.41 Å². The van der Waals surface area contributed by atoms with Crippen LogP contribution in [0, 0.1) is 12.3 Å². The normalized spacial score (nSPS) is 15.9. The van der Waals surface area contributed by atoms with Gasteiger partial charge in [0.15, 0.2) is 11.5 Å². The third-order valence-corrected chi connectivity index (χ3v) is 8.19. The number of piperidine rings is 1. The van der Waals surface area contributed by atoms with E-state index in [1.807, 2.05) is 4.90 Å². The van der Waals surface area contributed by atoms with Crippen LogP contribution in [0.1, 0.15) is 63.6 Å². The molecule has 1 amide bonds. The number of aryl methyl sites for hydroxylation is 1. The highest BCUT2D eigenvalue weighted by Gasteiger charge is 2.42. The number of anilines is 2. The van der Waals surface area contributed by atoms with Crippen LogP contribution in [0.15, 0.2) is 22.2 Å². The van der Waals surface area contributed by atoms with Crippen molar-refractivity contribution < 1.29 is 23.5 Å². The van der Waals surface area contributed by atoms with Crippen LogP contribution in [0.4, 0.5) is 20.8 Å². The topological polar surface area (TPSA) is 133 Å². The number of carbonyl (C=O) groups excluding carboxylic acids is 2. The van der Waals surface area contributed by atoms with E-state index in [2.05, 4.69) is 15.3 Å². The van der Waals surface area contributed by atoms with Gasteiger partial charge in [0.25, 0.3) is 0 Å². The van der Waals surface area contributed by atoms with Gasteiger partial charge < -0.3 is 25.4 Å². The van der Waals surface area contributed by atoms with E-state index in [1.54, 1.807) is 47.6 Å². The van der Waals surface area contributed by atoms with Crippen LogP contribution >= 0.6 is 23.4 Å². The Morgan fingerprint density at radius 2 is 1.97 bits per heavy atom. The smallest absolute Gasteiger partial charge is 0.407 e. The van der Waals surface area contributed by atoms with E-state index in [1.165, 1.54) is 18.0 Å². The van der Waals surface area contributed by atoms with E-state index >= 15 is 0 Å². The number of ether oxygens (including phenoxy) is 2. The lowest BCUT2D eigenvalue weighted by molar-refractivity contribution is 0.0390. The van der Waals surface area contributed by atoms with E-state index < -0.39 is 35.8 Å². The molecule has 3 heterocycles. The maximum Gasteiger partial charge on any atom is 0.407 e. The average Bonchev–Trinajstić information content (AvgIpc) is 2.86. The number of aromatic nitrogens is 3. The first-order valence-corrected chi connectivity index (χ1v) is 13.9. The number of halogens is 2. The number of hydrogen-bond acceptors (Lipinski definition) is 10. The molecule has 2 aromatic rings. The van der Waals surface area contributed by atoms with Gasteiger partial charge in [-0.3, -0.25) is 4.39 Å². The number of amides is 1. The van der Waals surface area contributed by atoms with Crippen LogP contribution < -0.4 is 16.0 Å². The molecule has 39 heavy (non-hydrogen) atoms. The van der Waals surface area contributed by atoms with Crippen molar-refractivity contribution in [3.63, 3.8) is 0 Å². The average molecular weight is 583 g/mol. The van der Waals surface area contributed by atoms with Gasteiger partial charge in [-0.2, -0.15) is 0 Å². The molecule has 1 atom stereocenters. The minimum Gasteiger partial charge on any atom is -0.461 e. The van der Waals surface area contributed by atoms with Crippen LogP contribution in [0.2, 0.25) is 5.02 Å². The van der Waals surface area contributed by atoms with Gasteiger partial charge in [0.1, 0.15) is 16.4 Å². The fraction of sp³-hybridized carbons (Fsp3) is 0.577. The molecular weight excluding hydrogens is 547 g/mol. The Morgan fingerprint density at radius 3 is 2.56 bits per heavy atom. The van der Waals surface area contributed by atoms with E-state index in [-0.39, 0.29) is 23.1 Å². The molecule has 1 aliphatic rings. The van der Waals surface area contributed by atoms with Crippen molar-refractivity contribution >= 4 is 47.1 Å². The number of esters is 1. The Kier molecular flexibility index (Phi) is 9.87. The van der Waals surface area contributed by atoms with Crippen molar-refractivity contribution in [1.82, 2.24) is 20.3 Å². The molecule has 1 fully saturated rings. The Hall–Kier alpha value is -2.86. The Bertz CT molecular complexity index is 1200. The SMILES string of the molecule is CCOC(=O)c1nc(Sc2ccnc(N)c2Cl)c(C)nc1N1CCC(CF)(C(C)NC(=O)OC(C)(C)C)CC1. The molecule has 0 saturated carbocycles. The van der Waals surface area contributed by atoms with Crippen LogP contribution in [-0.2, 0) is 9.47 Å². The molecular formula is C26H36ClFN6O4S. The maximum absolute atomic E-state index is 14.5. The Labute approximate surface area is 237 Å². The highest BCUT2D eigenvalue weighted by molar-refractivity contribution is 7.99. The molecule has 1 saturated heterocycles. The summed E-state index contributed by atoms with van der Waals surface area (Å²) in [6.45, 7) is 11.0. The number of nitrogen functional groups attached to an aromatic ring is 1. The fourth-order valence-electron chi connectivity index (χ4n) is 4.25. The van der Waals surface area contributed by atoms with E-state index in [0.29, 0.717) is 47.4 Å². The molecule has 0 aliphatic carbocycles. The second-order valence-electron chi connectivity index (χ2n) is 10.5. The summed E-state index contributed by atoms with van der Waals surface area (Å²) in [6.07, 6.45) is 1.80. The molecule has 13 heteroatoms. The van der Waals surface area contributed by atoms with Gasteiger partial charge in [0.2, 0.25) is 0 Å². The highest BCUT2D eigenvalue weighted by Crippen LogP contribution is 2.40. The zero-order valence-corrected chi connectivity index (χ0v) is 24.7. The number of alkyl carbamates (subject to hydrolysis) is 1. The van der Waals surface area contributed by atoms with Gasteiger partial charge in [0, 0.05) is 35.6 Å². The van der Waals surface area contributed by atoms with Gasteiger partial charge in [0.05, 0.1) is 24.0 Å². The lowest BCUT2D eigenvalue weighted by Gasteiger charge is -2.44. The summed E-state index contributed by atoms with van der Waals surface area (Å²) in [5, 5.41) is 3.56. The minimum atomic E-state index is -0.784. The predicted molar refractivity (Wildman–Crippen MR) is 149 cm³/mol. The number of rotatable bonds is 8. The van der Waals surface area contributed by atoms with Crippen LogP contribution in [0.5, 0.6) is 0 Å². The summed E-state index contributed by atoms with van der Waals surface area (Å²) >= 11 is 7.53. The Morgan fingerprint density at radius 1 is 1.31 bits per heavy atom. The van der Waals surface area contributed by atoms with Crippen molar-refractivity contribution in [2.75, 3.05) is 37.0 Å². The van der Waals surface area contributed by atoms with Gasteiger partial charge in [-0.25, -0.2) is 24.5 Å². The molecule has 1 aliphatic heterocycles. The lowest BCUT2D eigenvalue weighted by atomic mass is 9.74. The summed E-state index contributed by atoms with van der Waals surface area (Å²) in [4.78, 5) is 41.1. The van der Waals surface area contributed by atoms with E-state index in [4.69, 9.17) is 31.8 Å². The number of hydrogen-bond donors (Lipinski definition) is 2. The number of nitrogens with zero attached hydrogens (tertiary/aromatic N) is 4. The van der Waals surface area contributed by atoms with E-state index in [0.717, 1.165) is 0 Å². The largest absolute Gasteiger partial charge is 0.461 e. The zero-order valence-electron chi connectivity index (χ0n) is 23.1. The second kappa shape index (κ2) is 12.5. The fourth-order valence-corrected chi connectivity index (χ4v) is 5.34. The van der Waals surface area contributed by atoms with Gasteiger partial charge in [-0.15, -0.1) is 0 Å². The quantitative estimate of drug-likeness (QED) is 0.399. The molecule has 2 aromatic heterocycles. The molecule has 214 valence electrons. The monoisotopic (exact) mass is 582 g/mol. The van der Waals surface area contributed by atoms with Crippen LogP contribution in [0.25, 0.3) is 0 Å². The van der Waals surface area contributed by atoms with Gasteiger partial charge in [-0.05, 0) is 60.5 Å². The number of alkyl halides is 1. The number of nitrogens with one attached hydrogen (secondary N) is 1. The predicted octanol–water partition coefficient (Wildman–Crippen LogP) is 5.21. The van der Waals surface area contributed by atoms with Crippen molar-refractivity contribution in [2.45, 2.75) is 75.9 Å². The highest BCUT2D eigenvalue weighted by atomic mass is 35.5. The first-order valence-electron chi connectivity index (χ1n) is 12.7. The van der Waals surface area contributed by atoms with Crippen molar-refractivity contribution in [3.8, 4) is 0 Å². The second-order valence-corrected chi connectivity index (χ2v) is 11.9. The molecule has 1 unspecified atom stereocenters. The molecule has 3 N–H and O–H groups in total. The molecule has 10 nitrogen and oxygen atoms in total. The first-order chi connectivity index (χ1) is 18.3. The minimum absolute atomic E-state index is 0.0655. The summed E-state index contributed by atoms with van der Waals surface area (Å²) in [7, 11) is 0. The molecule has 3 rings (SSSR count). The zero-order chi connectivity index (χ0) is 29.0.